The van der Waals surface area contributed by atoms with Crippen LogP contribution in [-0.2, 0) is 16.0 Å². The number of carbonyl (C=O) groups excluding carboxylic acids is 1. The Morgan fingerprint density at radius 3 is 2.76 bits per heavy atom. The molecule has 0 aromatic carbocycles. The molecule has 0 unspecified atom stereocenters. The maximum atomic E-state index is 11.8. The van der Waals surface area contributed by atoms with E-state index in [2.05, 4.69) is 14.9 Å². The Morgan fingerprint density at radius 1 is 1.43 bits per heavy atom. The average Bonchev–Trinajstić information content (AvgIpc) is 2.80. The molecular weight excluding hydrogens is 270 g/mol. The minimum Gasteiger partial charge on any atom is -0.444 e. The van der Waals surface area contributed by atoms with Crippen LogP contribution in [0.5, 0.6) is 0 Å². The van der Waals surface area contributed by atoms with Crippen molar-refractivity contribution in [2.75, 3.05) is 13.7 Å². The molecule has 21 heavy (non-hydrogen) atoms. The van der Waals surface area contributed by atoms with Crippen LogP contribution in [0.4, 0.5) is 4.79 Å². The third kappa shape index (κ3) is 6.62. The van der Waals surface area contributed by atoms with Crippen LogP contribution in [-0.4, -0.2) is 35.0 Å². The first-order chi connectivity index (χ1) is 9.83. The molecule has 0 aliphatic rings. The Kier molecular flexibility index (Phi) is 6.68. The summed E-state index contributed by atoms with van der Waals surface area (Å²) < 4.78 is 12.4. The highest BCUT2D eigenvalue weighted by atomic mass is 16.6. The highest BCUT2D eigenvalue weighted by Crippen LogP contribution is 2.14. The fraction of sp³-hybridized carbons (Fsp3) is 0.733. The number of imidazole rings is 1. The molecule has 1 heterocycles. The van der Waals surface area contributed by atoms with E-state index in [4.69, 9.17) is 9.47 Å². The molecule has 1 rings (SSSR count). The first kappa shape index (κ1) is 17.5. The lowest BCUT2D eigenvalue weighted by molar-refractivity contribution is 0.0506. The molecule has 6 nitrogen and oxygen atoms in total. The minimum absolute atomic E-state index is 0.148. The fourth-order valence-corrected chi connectivity index (χ4v) is 1.97. The van der Waals surface area contributed by atoms with Gasteiger partial charge in [-0.3, -0.25) is 0 Å². The number of alkyl carbamates (subject to hydrolysis) is 1. The summed E-state index contributed by atoms with van der Waals surface area (Å²) in [7, 11) is 1.70. The maximum absolute atomic E-state index is 11.8. The van der Waals surface area contributed by atoms with Crippen molar-refractivity contribution in [3.8, 4) is 0 Å². The number of amides is 1. The van der Waals surface area contributed by atoms with Crippen LogP contribution in [0.15, 0.2) is 12.5 Å². The van der Waals surface area contributed by atoms with Gasteiger partial charge in [0.05, 0.1) is 24.3 Å². The molecule has 0 spiro atoms. The topological polar surface area (TPSA) is 65.4 Å². The normalized spacial score (nSPS) is 13.0. The fourth-order valence-electron chi connectivity index (χ4n) is 1.97. The van der Waals surface area contributed by atoms with E-state index in [1.165, 1.54) is 0 Å². The van der Waals surface area contributed by atoms with Crippen LogP contribution in [0.1, 0.15) is 52.3 Å². The van der Waals surface area contributed by atoms with E-state index in [0.717, 1.165) is 31.7 Å². The summed E-state index contributed by atoms with van der Waals surface area (Å²) in [6.07, 6.45) is 5.16. The van der Waals surface area contributed by atoms with Gasteiger partial charge < -0.3 is 19.4 Å². The van der Waals surface area contributed by atoms with Crippen LogP contribution in [0.25, 0.3) is 0 Å². The molecule has 120 valence electrons. The molecule has 0 fully saturated rings. The summed E-state index contributed by atoms with van der Waals surface area (Å²) in [5, 5.41) is 2.83. The van der Waals surface area contributed by atoms with Crippen LogP contribution in [0, 0.1) is 0 Å². The van der Waals surface area contributed by atoms with E-state index in [-0.39, 0.29) is 6.04 Å². The van der Waals surface area contributed by atoms with Gasteiger partial charge in [0.2, 0.25) is 0 Å². The van der Waals surface area contributed by atoms with E-state index in [1.807, 2.05) is 27.7 Å². The summed E-state index contributed by atoms with van der Waals surface area (Å²) in [6.45, 7) is 9.08. The minimum atomic E-state index is -0.496. The van der Waals surface area contributed by atoms with Gasteiger partial charge in [-0.15, -0.1) is 0 Å². The summed E-state index contributed by atoms with van der Waals surface area (Å²) in [4.78, 5) is 16.0. The van der Waals surface area contributed by atoms with E-state index >= 15 is 0 Å². The zero-order valence-electron chi connectivity index (χ0n) is 13.7. The second-order valence-corrected chi connectivity index (χ2v) is 6.08. The molecular formula is C15H27N3O3. The van der Waals surface area contributed by atoms with Crippen molar-refractivity contribution >= 4 is 6.09 Å². The number of rotatable bonds is 7. The Hall–Kier alpha value is -1.56. The number of aryl methyl sites for hydroxylation is 1. The van der Waals surface area contributed by atoms with E-state index < -0.39 is 11.7 Å². The quantitative estimate of drug-likeness (QED) is 0.786. The van der Waals surface area contributed by atoms with Gasteiger partial charge in [0.25, 0.3) is 0 Å². The highest BCUT2D eigenvalue weighted by molar-refractivity contribution is 5.68. The van der Waals surface area contributed by atoms with Crippen molar-refractivity contribution in [1.29, 1.82) is 0 Å². The number of ether oxygens (including phenoxy) is 2. The largest absolute Gasteiger partial charge is 0.444 e. The van der Waals surface area contributed by atoms with E-state index in [1.54, 1.807) is 19.6 Å². The van der Waals surface area contributed by atoms with E-state index in [0.29, 0.717) is 0 Å². The Labute approximate surface area is 126 Å². The number of nitrogens with one attached hydrogen (secondary N) is 1. The Morgan fingerprint density at radius 2 is 2.14 bits per heavy atom. The lowest BCUT2D eigenvalue weighted by Gasteiger charge is -2.22. The molecule has 0 aliphatic carbocycles. The predicted molar refractivity (Wildman–Crippen MR) is 81.1 cm³/mol. The van der Waals surface area contributed by atoms with Gasteiger partial charge in [-0.05, 0) is 40.5 Å². The summed E-state index contributed by atoms with van der Waals surface area (Å²) in [5.74, 6) is 0. The number of hydrogen-bond donors (Lipinski definition) is 1. The molecule has 1 N–H and O–H groups in total. The third-order valence-corrected chi connectivity index (χ3v) is 2.92. The molecule has 1 aromatic rings. The Bertz CT molecular complexity index is 438. The SMILES string of the molecule is COCCCCn1cncc1[C@@H](C)NC(=O)OC(C)(C)C. The van der Waals surface area contributed by atoms with Crippen molar-refractivity contribution in [2.24, 2.45) is 0 Å². The number of unbranched alkanes of at least 4 members (excludes halogenated alkanes) is 1. The standard InChI is InChI=1S/C15H27N3O3/c1-12(17-14(19)21-15(2,3)4)13-10-16-11-18(13)8-6-7-9-20-5/h10-12H,6-9H2,1-5H3,(H,17,19)/t12-/m1/s1. The number of hydrogen-bond acceptors (Lipinski definition) is 4. The summed E-state index contributed by atoms with van der Waals surface area (Å²) in [5.41, 5.74) is 0.475. The second-order valence-electron chi connectivity index (χ2n) is 6.08. The smallest absolute Gasteiger partial charge is 0.408 e. The van der Waals surface area contributed by atoms with Gasteiger partial charge in [-0.25, -0.2) is 9.78 Å². The van der Waals surface area contributed by atoms with Crippen molar-refractivity contribution in [3.05, 3.63) is 18.2 Å². The van der Waals surface area contributed by atoms with Crippen molar-refractivity contribution in [3.63, 3.8) is 0 Å². The van der Waals surface area contributed by atoms with Crippen LogP contribution >= 0.6 is 0 Å². The molecule has 1 aromatic heterocycles. The zero-order chi connectivity index (χ0) is 15.9. The first-order valence-electron chi connectivity index (χ1n) is 7.32. The molecule has 1 amide bonds. The lowest BCUT2D eigenvalue weighted by Crippen LogP contribution is -2.34. The van der Waals surface area contributed by atoms with Crippen molar-refractivity contribution in [2.45, 2.75) is 58.7 Å². The number of methoxy groups -OCH3 is 1. The van der Waals surface area contributed by atoms with Gasteiger partial charge in [0.1, 0.15) is 5.60 Å². The van der Waals surface area contributed by atoms with Gasteiger partial charge in [-0.2, -0.15) is 0 Å². The highest BCUT2D eigenvalue weighted by Gasteiger charge is 2.19. The molecule has 0 radical (unpaired) electrons. The monoisotopic (exact) mass is 297 g/mol. The second kappa shape index (κ2) is 8.02. The number of aromatic nitrogens is 2. The maximum Gasteiger partial charge on any atom is 0.408 e. The first-order valence-corrected chi connectivity index (χ1v) is 7.32. The summed E-state index contributed by atoms with van der Waals surface area (Å²) in [6, 6.07) is -0.148. The third-order valence-electron chi connectivity index (χ3n) is 2.92. The Balaban J connectivity index is 2.52. The number of carbonyl (C=O) groups is 1. The molecule has 0 aliphatic heterocycles. The molecule has 0 saturated heterocycles. The van der Waals surface area contributed by atoms with Gasteiger partial charge in [0.15, 0.2) is 0 Å². The zero-order valence-corrected chi connectivity index (χ0v) is 13.7. The molecule has 0 bridgehead atoms. The van der Waals surface area contributed by atoms with Gasteiger partial charge in [0, 0.05) is 20.3 Å². The molecule has 6 heteroatoms. The van der Waals surface area contributed by atoms with Crippen molar-refractivity contribution < 1.29 is 14.3 Å². The number of nitrogens with zero attached hydrogens (tertiary/aromatic N) is 2. The van der Waals surface area contributed by atoms with Crippen molar-refractivity contribution in [1.82, 2.24) is 14.9 Å². The molecule has 1 atom stereocenters. The van der Waals surface area contributed by atoms with Gasteiger partial charge >= 0.3 is 6.09 Å². The molecule has 0 saturated carbocycles. The van der Waals surface area contributed by atoms with Crippen LogP contribution in [0.2, 0.25) is 0 Å². The van der Waals surface area contributed by atoms with Crippen LogP contribution in [0.3, 0.4) is 0 Å². The predicted octanol–water partition coefficient (Wildman–Crippen LogP) is 2.90. The van der Waals surface area contributed by atoms with Gasteiger partial charge in [-0.1, -0.05) is 0 Å². The van der Waals surface area contributed by atoms with Crippen LogP contribution < -0.4 is 5.32 Å². The lowest BCUT2D eigenvalue weighted by atomic mass is 10.2. The average molecular weight is 297 g/mol. The summed E-state index contributed by atoms with van der Waals surface area (Å²) >= 11 is 0. The van der Waals surface area contributed by atoms with E-state index in [9.17, 15) is 4.79 Å².